The molecule has 0 saturated carbocycles. The fourth-order valence-corrected chi connectivity index (χ4v) is 3.51. The third-order valence-electron chi connectivity index (χ3n) is 5.06. The van der Waals surface area contributed by atoms with Crippen LogP contribution in [-0.4, -0.2) is 69.7 Å². The van der Waals surface area contributed by atoms with Gasteiger partial charge >= 0.3 is 0 Å². The summed E-state index contributed by atoms with van der Waals surface area (Å²) < 4.78 is 30.1. The molecule has 0 bridgehead atoms. The molecule has 158 valence electrons. The minimum Gasteiger partial charge on any atom is -0.493 e. The molecule has 1 fully saturated rings. The van der Waals surface area contributed by atoms with Gasteiger partial charge in [-0.05, 0) is 29.8 Å². The van der Waals surface area contributed by atoms with Crippen LogP contribution in [0.1, 0.15) is 5.56 Å². The van der Waals surface area contributed by atoms with Crippen molar-refractivity contribution in [1.29, 1.82) is 0 Å². The number of aliphatic hydroxyl groups is 1. The minimum absolute atomic E-state index is 0.190. The summed E-state index contributed by atoms with van der Waals surface area (Å²) in [5.74, 6) is 1.14. The summed E-state index contributed by atoms with van der Waals surface area (Å²) >= 11 is 0. The lowest BCUT2D eigenvalue weighted by molar-refractivity contribution is 0.00907. The second-order valence-electron chi connectivity index (χ2n) is 7.10. The number of methoxy groups -OCH3 is 2. The third-order valence-corrected chi connectivity index (χ3v) is 5.06. The van der Waals surface area contributed by atoms with Gasteiger partial charge in [0, 0.05) is 32.7 Å². The predicted molar refractivity (Wildman–Crippen MR) is 110 cm³/mol. The van der Waals surface area contributed by atoms with Crippen LogP contribution >= 0.6 is 0 Å². The van der Waals surface area contributed by atoms with Gasteiger partial charge in [0.15, 0.2) is 11.5 Å². The second-order valence-corrected chi connectivity index (χ2v) is 7.10. The molecule has 0 radical (unpaired) electrons. The number of β-amino-alcohol motifs (C(OH)–C–C–N with tert-alkyl or cyclic N) is 1. The van der Waals surface area contributed by atoms with E-state index in [1.54, 1.807) is 20.3 Å². The highest BCUT2D eigenvalue weighted by atomic mass is 19.1. The molecule has 2 aromatic rings. The van der Waals surface area contributed by atoms with Crippen molar-refractivity contribution in [3.05, 3.63) is 53.8 Å². The Kier molecular flexibility index (Phi) is 7.69. The molecule has 1 atom stereocenters. The molecule has 7 heteroatoms. The molecule has 0 aliphatic carbocycles. The summed E-state index contributed by atoms with van der Waals surface area (Å²) in [6.45, 7) is 4.21. The van der Waals surface area contributed by atoms with E-state index >= 15 is 0 Å². The average Bonchev–Trinajstić information content (AvgIpc) is 2.74. The summed E-state index contributed by atoms with van der Waals surface area (Å²) in [4.78, 5) is 4.23. The number of benzene rings is 2. The summed E-state index contributed by atoms with van der Waals surface area (Å²) in [5, 5.41) is 10.3. The Balaban J connectivity index is 1.39. The Morgan fingerprint density at radius 3 is 2.41 bits per heavy atom. The smallest absolute Gasteiger partial charge is 0.161 e. The third kappa shape index (κ3) is 5.82. The maximum atomic E-state index is 13.9. The summed E-state index contributed by atoms with van der Waals surface area (Å²) in [5.41, 5.74) is 1.60. The Labute approximate surface area is 171 Å². The van der Waals surface area contributed by atoms with Crippen LogP contribution in [0.3, 0.4) is 0 Å². The van der Waals surface area contributed by atoms with E-state index in [1.165, 1.54) is 6.07 Å². The van der Waals surface area contributed by atoms with Crippen molar-refractivity contribution in [2.75, 3.05) is 58.5 Å². The van der Waals surface area contributed by atoms with Gasteiger partial charge in [-0.25, -0.2) is 4.39 Å². The fourth-order valence-electron chi connectivity index (χ4n) is 3.51. The van der Waals surface area contributed by atoms with Crippen molar-refractivity contribution in [1.82, 2.24) is 4.90 Å². The monoisotopic (exact) mass is 404 g/mol. The van der Waals surface area contributed by atoms with Crippen LogP contribution < -0.4 is 14.4 Å². The number of piperazine rings is 1. The first-order chi connectivity index (χ1) is 14.1. The lowest BCUT2D eigenvalue weighted by atomic mass is 10.2. The molecule has 1 heterocycles. The van der Waals surface area contributed by atoms with E-state index < -0.39 is 6.10 Å². The van der Waals surface area contributed by atoms with Crippen molar-refractivity contribution >= 4 is 5.69 Å². The Morgan fingerprint density at radius 2 is 1.72 bits per heavy atom. The van der Waals surface area contributed by atoms with Crippen LogP contribution in [-0.2, 0) is 11.3 Å². The quantitative estimate of drug-likeness (QED) is 0.693. The van der Waals surface area contributed by atoms with E-state index in [0.29, 0.717) is 30.3 Å². The second kappa shape index (κ2) is 10.4. The van der Waals surface area contributed by atoms with Gasteiger partial charge in [0.05, 0.1) is 39.2 Å². The number of halogens is 1. The molecule has 0 aromatic heterocycles. The van der Waals surface area contributed by atoms with Gasteiger partial charge in [-0.15, -0.1) is 0 Å². The number of hydrogen-bond acceptors (Lipinski definition) is 6. The molecule has 0 amide bonds. The molecule has 0 unspecified atom stereocenters. The van der Waals surface area contributed by atoms with Gasteiger partial charge in [-0.2, -0.15) is 0 Å². The van der Waals surface area contributed by atoms with Crippen LogP contribution in [0.15, 0.2) is 42.5 Å². The standard InChI is InChI=1S/C22H29FN2O4/c1-27-21-8-7-17(13-22(21)28-2)15-29-16-18(26)14-24-9-11-25(12-10-24)20-6-4-3-5-19(20)23/h3-8,13,18,26H,9-12,14-16H2,1-2H3/t18-/m0/s1. The van der Waals surface area contributed by atoms with Crippen molar-refractivity contribution in [2.24, 2.45) is 0 Å². The summed E-state index contributed by atoms with van der Waals surface area (Å²) in [6, 6.07) is 12.5. The zero-order valence-electron chi connectivity index (χ0n) is 17.0. The lowest BCUT2D eigenvalue weighted by Crippen LogP contribution is -2.49. The van der Waals surface area contributed by atoms with Crippen LogP contribution in [0.5, 0.6) is 11.5 Å². The topological polar surface area (TPSA) is 54.4 Å². The van der Waals surface area contributed by atoms with E-state index in [0.717, 1.165) is 31.7 Å². The van der Waals surface area contributed by atoms with Crippen molar-refractivity contribution in [3.8, 4) is 11.5 Å². The molecule has 1 aliphatic heterocycles. The van der Waals surface area contributed by atoms with Crippen molar-refractivity contribution in [2.45, 2.75) is 12.7 Å². The van der Waals surface area contributed by atoms with Gasteiger partial charge < -0.3 is 24.2 Å². The zero-order chi connectivity index (χ0) is 20.6. The number of aliphatic hydroxyl groups excluding tert-OH is 1. The van der Waals surface area contributed by atoms with Crippen LogP contribution in [0.25, 0.3) is 0 Å². The first kappa shape index (κ1) is 21.4. The lowest BCUT2D eigenvalue weighted by Gasteiger charge is -2.37. The minimum atomic E-state index is -0.574. The van der Waals surface area contributed by atoms with Gasteiger partial charge in [0.1, 0.15) is 5.82 Å². The number of anilines is 1. The maximum Gasteiger partial charge on any atom is 0.161 e. The normalized spacial score (nSPS) is 15.9. The molecule has 1 saturated heterocycles. The van der Waals surface area contributed by atoms with Gasteiger partial charge in [0.25, 0.3) is 0 Å². The van der Waals surface area contributed by atoms with Crippen molar-refractivity contribution < 1.29 is 23.7 Å². The highest BCUT2D eigenvalue weighted by molar-refractivity contribution is 5.48. The predicted octanol–water partition coefficient (Wildman–Crippen LogP) is 2.54. The molecule has 6 nitrogen and oxygen atoms in total. The molecule has 29 heavy (non-hydrogen) atoms. The highest BCUT2D eigenvalue weighted by Crippen LogP contribution is 2.27. The molecular formula is C22H29FN2O4. The van der Waals surface area contributed by atoms with Crippen LogP contribution in [0.2, 0.25) is 0 Å². The molecule has 1 aliphatic rings. The Hall–Kier alpha value is -2.35. The van der Waals surface area contributed by atoms with E-state index in [-0.39, 0.29) is 12.4 Å². The number of rotatable bonds is 9. The van der Waals surface area contributed by atoms with E-state index in [4.69, 9.17) is 14.2 Å². The van der Waals surface area contributed by atoms with Crippen molar-refractivity contribution in [3.63, 3.8) is 0 Å². The van der Waals surface area contributed by atoms with E-state index in [1.807, 2.05) is 35.2 Å². The number of nitrogens with zero attached hydrogens (tertiary/aromatic N) is 2. The van der Waals surface area contributed by atoms with E-state index in [9.17, 15) is 9.50 Å². The fraction of sp³-hybridized carbons (Fsp3) is 0.455. The number of hydrogen-bond donors (Lipinski definition) is 1. The SMILES string of the molecule is COc1ccc(COC[C@@H](O)CN2CCN(c3ccccc3F)CC2)cc1OC. The molecule has 3 rings (SSSR count). The van der Waals surface area contributed by atoms with Crippen LogP contribution in [0.4, 0.5) is 10.1 Å². The zero-order valence-corrected chi connectivity index (χ0v) is 17.0. The first-order valence-electron chi connectivity index (χ1n) is 9.79. The van der Waals surface area contributed by atoms with Gasteiger partial charge in [-0.3, -0.25) is 4.90 Å². The van der Waals surface area contributed by atoms with Crippen LogP contribution in [0, 0.1) is 5.82 Å². The Bertz CT molecular complexity index is 781. The highest BCUT2D eigenvalue weighted by Gasteiger charge is 2.21. The molecule has 0 spiro atoms. The molecule has 2 aromatic carbocycles. The summed E-state index contributed by atoms with van der Waals surface area (Å²) in [6.07, 6.45) is -0.574. The molecular weight excluding hydrogens is 375 g/mol. The number of ether oxygens (including phenoxy) is 3. The van der Waals surface area contributed by atoms with E-state index in [2.05, 4.69) is 4.90 Å². The average molecular weight is 404 g/mol. The first-order valence-corrected chi connectivity index (χ1v) is 9.79. The number of para-hydroxylation sites is 1. The molecule has 1 N–H and O–H groups in total. The Morgan fingerprint density at radius 1 is 1.00 bits per heavy atom. The maximum absolute atomic E-state index is 13.9. The largest absolute Gasteiger partial charge is 0.493 e. The van der Waals surface area contributed by atoms with Gasteiger partial charge in [0.2, 0.25) is 0 Å². The van der Waals surface area contributed by atoms with Gasteiger partial charge in [-0.1, -0.05) is 18.2 Å². The summed E-state index contributed by atoms with van der Waals surface area (Å²) in [7, 11) is 3.19.